The summed E-state index contributed by atoms with van der Waals surface area (Å²) < 4.78 is 10.8. The summed E-state index contributed by atoms with van der Waals surface area (Å²) in [5.41, 5.74) is 2.54. The lowest BCUT2D eigenvalue weighted by Crippen LogP contribution is -2.35. The van der Waals surface area contributed by atoms with E-state index in [1.165, 1.54) is 17.7 Å². The van der Waals surface area contributed by atoms with Gasteiger partial charge in [0.25, 0.3) is 0 Å². The standard InChI is InChI=1S/C13H18N2O2/c1-15(2)7-10-4-3-9-5-12-13(17-8-16-12)6-11(9)14-10/h5-6,10,14H,3-4,7-8H2,1-2H3. The molecule has 4 nitrogen and oxygen atoms in total. The molecule has 0 fully saturated rings. The second-order valence-electron chi connectivity index (χ2n) is 5.00. The molecule has 0 saturated carbocycles. The first-order valence-electron chi connectivity index (χ1n) is 6.06. The van der Waals surface area contributed by atoms with E-state index in [9.17, 15) is 0 Å². The quantitative estimate of drug-likeness (QED) is 0.844. The van der Waals surface area contributed by atoms with Gasteiger partial charge in [-0.15, -0.1) is 0 Å². The van der Waals surface area contributed by atoms with Gasteiger partial charge in [0.05, 0.1) is 0 Å². The predicted molar refractivity (Wildman–Crippen MR) is 66.9 cm³/mol. The minimum Gasteiger partial charge on any atom is -0.454 e. The highest BCUT2D eigenvalue weighted by atomic mass is 16.7. The molecule has 17 heavy (non-hydrogen) atoms. The molecule has 0 aliphatic carbocycles. The van der Waals surface area contributed by atoms with Gasteiger partial charge in [0, 0.05) is 24.3 Å². The minimum atomic E-state index is 0.347. The predicted octanol–water partition coefficient (Wildman–Crippen LogP) is 1.70. The van der Waals surface area contributed by atoms with Crippen LogP contribution in [0.1, 0.15) is 12.0 Å². The molecular weight excluding hydrogens is 216 g/mol. The maximum atomic E-state index is 5.41. The summed E-state index contributed by atoms with van der Waals surface area (Å²) in [5, 5.41) is 3.58. The zero-order valence-corrected chi connectivity index (χ0v) is 10.3. The molecule has 0 bridgehead atoms. The highest BCUT2D eigenvalue weighted by molar-refractivity contribution is 5.62. The summed E-state index contributed by atoms with van der Waals surface area (Å²) in [4.78, 5) is 2.22. The van der Waals surface area contributed by atoms with Crippen molar-refractivity contribution in [3.63, 3.8) is 0 Å². The fourth-order valence-corrected chi connectivity index (χ4v) is 2.52. The summed E-state index contributed by atoms with van der Waals surface area (Å²) in [7, 11) is 4.22. The van der Waals surface area contributed by atoms with Crippen LogP contribution in [0.15, 0.2) is 12.1 Å². The van der Waals surface area contributed by atoms with Crippen molar-refractivity contribution < 1.29 is 9.47 Å². The Morgan fingerprint density at radius 1 is 1.29 bits per heavy atom. The SMILES string of the molecule is CN(C)CC1CCc2cc3c(cc2N1)OCO3. The van der Waals surface area contributed by atoms with Crippen molar-refractivity contribution in [2.75, 3.05) is 32.7 Å². The van der Waals surface area contributed by atoms with E-state index in [4.69, 9.17) is 9.47 Å². The van der Waals surface area contributed by atoms with Gasteiger partial charge in [-0.25, -0.2) is 0 Å². The van der Waals surface area contributed by atoms with Crippen LogP contribution < -0.4 is 14.8 Å². The Kier molecular flexibility index (Phi) is 2.59. The van der Waals surface area contributed by atoms with Crippen LogP contribution in [0.4, 0.5) is 5.69 Å². The molecule has 0 aromatic heterocycles. The highest BCUT2D eigenvalue weighted by Crippen LogP contribution is 2.39. The molecule has 0 radical (unpaired) electrons. The van der Waals surface area contributed by atoms with Crippen LogP contribution in [0.3, 0.4) is 0 Å². The maximum absolute atomic E-state index is 5.41. The zero-order chi connectivity index (χ0) is 11.8. The van der Waals surface area contributed by atoms with Gasteiger partial charge < -0.3 is 19.7 Å². The van der Waals surface area contributed by atoms with Gasteiger partial charge in [-0.1, -0.05) is 0 Å². The molecule has 2 aliphatic heterocycles. The van der Waals surface area contributed by atoms with Gasteiger partial charge in [0.2, 0.25) is 6.79 Å². The van der Waals surface area contributed by atoms with E-state index in [0.717, 1.165) is 24.5 Å². The number of likely N-dealkylation sites (N-methyl/N-ethyl adjacent to an activating group) is 1. The number of aryl methyl sites for hydroxylation is 1. The third kappa shape index (κ3) is 2.05. The van der Waals surface area contributed by atoms with Gasteiger partial charge in [-0.2, -0.15) is 0 Å². The Morgan fingerprint density at radius 3 is 2.82 bits per heavy atom. The molecule has 0 spiro atoms. The van der Waals surface area contributed by atoms with E-state index in [1.54, 1.807) is 0 Å². The first-order chi connectivity index (χ1) is 8.22. The topological polar surface area (TPSA) is 33.7 Å². The fourth-order valence-electron chi connectivity index (χ4n) is 2.52. The van der Waals surface area contributed by atoms with Crippen molar-refractivity contribution in [3.05, 3.63) is 17.7 Å². The number of hydrogen-bond donors (Lipinski definition) is 1. The number of anilines is 1. The Balaban J connectivity index is 1.82. The molecule has 3 rings (SSSR count). The first-order valence-corrected chi connectivity index (χ1v) is 6.06. The Morgan fingerprint density at radius 2 is 2.06 bits per heavy atom. The molecule has 4 heteroatoms. The highest BCUT2D eigenvalue weighted by Gasteiger charge is 2.23. The Bertz CT molecular complexity index is 432. The van der Waals surface area contributed by atoms with Crippen molar-refractivity contribution >= 4 is 5.69 Å². The van der Waals surface area contributed by atoms with Crippen molar-refractivity contribution in [3.8, 4) is 11.5 Å². The van der Waals surface area contributed by atoms with Crippen LogP contribution in [0, 0.1) is 0 Å². The normalized spacial score (nSPS) is 21.2. The van der Waals surface area contributed by atoms with Gasteiger partial charge in [0.15, 0.2) is 11.5 Å². The molecule has 1 N–H and O–H groups in total. The largest absolute Gasteiger partial charge is 0.454 e. The maximum Gasteiger partial charge on any atom is 0.231 e. The van der Waals surface area contributed by atoms with E-state index in [1.807, 2.05) is 0 Å². The zero-order valence-electron chi connectivity index (χ0n) is 10.3. The first kappa shape index (κ1) is 10.7. The smallest absolute Gasteiger partial charge is 0.231 e. The van der Waals surface area contributed by atoms with Crippen LogP contribution in [-0.4, -0.2) is 38.4 Å². The minimum absolute atomic E-state index is 0.347. The molecule has 1 atom stereocenters. The number of benzene rings is 1. The van der Waals surface area contributed by atoms with E-state index in [2.05, 4.69) is 36.4 Å². The molecule has 2 aliphatic rings. The summed E-state index contributed by atoms with van der Waals surface area (Å²) in [6.07, 6.45) is 2.28. The number of nitrogens with zero attached hydrogens (tertiary/aromatic N) is 1. The number of nitrogens with one attached hydrogen (secondary N) is 1. The van der Waals surface area contributed by atoms with Crippen LogP contribution >= 0.6 is 0 Å². The molecule has 1 aromatic carbocycles. The van der Waals surface area contributed by atoms with Gasteiger partial charge in [-0.05, 0) is 38.6 Å². The van der Waals surface area contributed by atoms with E-state index in [0.29, 0.717) is 12.8 Å². The fraction of sp³-hybridized carbons (Fsp3) is 0.538. The van der Waals surface area contributed by atoms with Crippen LogP contribution in [-0.2, 0) is 6.42 Å². The van der Waals surface area contributed by atoms with Gasteiger partial charge in [0.1, 0.15) is 0 Å². The molecule has 1 unspecified atom stereocenters. The third-order valence-corrected chi connectivity index (χ3v) is 3.31. The van der Waals surface area contributed by atoms with Gasteiger partial charge >= 0.3 is 0 Å². The molecule has 0 saturated heterocycles. The Labute approximate surface area is 102 Å². The lowest BCUT2D eigenvalue weighted by molar-refractivity contribution is 0.174. The molecule has 2 heterocycles. The van der Waals surface area contributed by atoms with E-state index >= 15 is 0 Å². The molecular formula is C13H18N2O2. The lowest BCUT2D eigenvalue weighted by Gasteiger charge is -2.29. The van der Waals surface area contributed by atoms with Crippen molar-refractivity contribution in [1.29, 1.82) is 0 Å². The van der Waals surface area contributed by atoms with E-state index < -0.39 is 0 Å². The second-order valence-corrected chi connectivity index (χ2v) is 5.00. The number of fused-ring (bicyclic) bond motifs is 2. The Hall–Kier alpha value is -1.42. The number of hydrogen-bond acceptors (Lipinski definition) is 4. The monoisotopic (exact) mass is 234 g/mol. The third-order valence-electron chi connectivity index (χ3n) is 3.31. The molecule has 0 amide bonds. The summed E-state index contributed by atoms with van der Waals surface area (Å²) in [6, 6.07) is 4.70. The van der Waals surface area contributed by atoms with E-state index in [-0.39, 0.29) is 0 Å². The summed E-state index contributed by atoms with van der Waals surface area (Å²) in [5.74, 6) is 1.75. The van der Waals surface area contributed by atoms with Gasteiger partial charge in [-0.3, -0.25) is 0 Å². The van der Waals surface area contributed by atoms with Crippen LogP contribution in [0.5, 0.6) is 11.5 Å². The van der Waals surface area contributed by atoms with Crippen LogP contribution in [0.25, 0.3) is 0 Å². The van der Waals surface area contributed by atoms with Crippen molar-refractivity contribution in [1.82, 2.24) is 4.90 Å². The molecule has 1 aromatic rings. The van der Waals surface area contributed by atoms with Crippen molar-refractivity contribution in [2.45, 2.75) is 18.9 Å². The summed E-state index contributed by atoms with van der Waals surface area (Å²) >= 11 is 0. The number of ether oxygens (including phenoxy) is 2. The summed E-state index contributed by atoms with van der Waals surface area (Å²) in [6.45, 7) is 1.41. The second kappa shape index (κ2) is 4.11. The van der Waals surface area contributed by atoms with Crippen molar-refractivity contribution in [2.24, 2.45) is 0 Å². The number of rotatable bonds is 2. The molecule has 92 valence electrons. The lowest BCUT2D eigenvalue weighted by atomic mass is 9.97. The van der Waals surface area contributed by atoms with Crippen LogP contribution in [0.2, 0.25) is 0 Å². The average Bonchev–Trinajstić information content (AvgIpc) is 2.72. The average molecular weight is 234 g/mol.